The fourth-order valence-electron chi connectivity index (χ4n) is 1.94. The topological polar surface area (TPSA) is 27.1 Å². The van der Waals surface area contributed by atoms with Crippen LogP contribution in [0.4, 0.5) is 0 Å². The predicted molar refractivity (Wildman–Crippen MR) is 80.7 cm³/mol. The predicted octanol–water partition coefficient (Wildman–Crippen LogP) is 4.12. The summed E-state index contributed by atoms with van der Waals surface area (Å²) >= 11 is 9.48. The molecule has 0 aliphatic heterocycles. The molecule has 1 heterocycles. The normalized spacial score (nSPS) is 10.8. The summed E-state index contributed by atoms with van der Waals surface area (Å²) in [5.41, 5.74) is 4.17. The van der Waals surface area contributed by atoms with E-state index in [1.807, 2.05) is 43.8 Å². The van der Waals surface area contributed by atoms with E-state index in [1.54, 1.807) is 0 Å². The molecule has 0 amide bonds. The van der Waals surface area contributed by atoms with Gasteiger partial charge in [-0.1, -0.05) is 17.7 Å². The third-order valence-corrected chi connectivity index (χ3v) is 4.31. The van der Waals surface area contributed by atoms with Gasteiger partial charge in [-0.15, -0.1) is 11.6 Å². The molecule has 0 atom stereocenters. The van der Waals surface area contributed by atoms with Crippen LogP contribution >= 0.6 is 27.5 Å². The van der Waals surface area contributed by atoms with Gasteiger partial charge in [0.05, 0.1) is 21.7 Å². The summed E-state index contributed by atoms with van der Waals surface area (Å²) in [5.74, 6) is 1.27. The number of rotatable bonds is 4. The van der Waals surface area contributed by atoms with Gasteiger partial charge in [-0.2, -0.15) is 5.10 Å². The van der Waals surface area contributed by atoms with E-state index in [0.717, 1.165) is 27.2 Å². The largest absolute Gasteiger partial charge is 0.487 e. The second-order valence-corrected chi connectivity index (χ2v) is 5.56. The van der Waals surface area contributed by atoms with Gasteiger partial charge in [0.1, 0.15) is 12.4 Å². The minimum atomic E-state index is 0.447. The Hall–Kier alpha value is -1.00. The maximum atomic E-state index is 5.95. The van der Waals surface area contributed by atoms with Crippen LogP contribution < -0.4 is 4.74 Å². The zero-order valence-corrected chi connectivity index (χ0v) is 13.5. The van der Waals surface area contributed by atoms with Crippen LogP contribution in [0.15, 0.2) is 22.7 Å². The summed E-state index contributed by atoms with van der Waals surface area (Å²) in [6.45, 7) is 4.47. The molecule has 0 aliphatic rings. The molecular weight excluding hydrogens is 328 g/mol. The maximum Gasteiger partial charge on any atom is 0.131 e. The third kappa shape index (κ3) is 3.12. The maximum absolute atomic E-state index is 5.95. The van der Waals surface area contributed by atoms with Crippen molar-refractivity contribution in [3.05, 3.63) is 45.2 Å². The van der Waals surface area contributed by atoms with Gasteiger partial charge < -0.3 is 4.74 Å². The Labute approximate surface area is 126 Å². The number of ether oxygens (including phenoxy) is 1. The number of alkyl halides is 1. The lowest BCUT2D eigenvalue weighted by Crippen LogP contribution is -2.04. The van der Waals surface area contributed by atoms with Crippen LogP contribution in [0.2, 0.25) is 0 Å². The summed E-state index contributed by atoms with van der Waals surface area (Å²) in [7, 11) is 1.91. The lowest BCUT2D eigenvalue weighted by molar-refractivity contribution is 0.292. The van der Waals surface area contributed by atoms with Crippen LogP contribution in [0, 0.1) is 13.8 Å². The number of hydrogen-bond donors (Lipinski definition) is 0. The fourth-order valence-corrected chi connectivity index (χ4v) is 2.60. The van der Waals surface area contributed by atoms with E-state index in [1.165, 1.54) is 5.56 Å². The Bertz CT molecular complexity index is 595. The number of hydrogen-bond acceptors (Lipinski definition) is 2. The van der Waals surface area contributed by atoms with E-state index in [9.17, 15) is 0 Å². The van der Waals surface area contributed by atoms with Crippen LogP contribution in [-0.2, 0) is 19.5 Å². The van der Waals surface area contributed by atoms with Crippen LogP contribution in [0.25, 0.3) is 0 Å². The zero-order chi connectivity index (χ0) is 14.0. The van der Waals surface area contributed by atoms with Gasteiger partial charge in [0.15, 0.2) is 0 Å². The van der Waals surface area contributed by atoms with Gasteiger partial charge >= 0.3 is 0 Å². The van der Waals surface area contributed by atoms with Gasteiger partial charge in [-0.25, -0.2) is 0 Å². The molecule has 0 radical (unpaired) electrons. The molecule has 5 heteroatoms. The molecule has 2 rings (SSSR count). The van der Waals surface area contributed by atoms with Crippen LogP contribution in [0.3, 0.4) is 0 Å². The molecule has 0 saturated carbocycles. The summed E-state index contributed by atoms with van der Waals surface area (Å²) in [6.07, 6.45) is 0. The highest BCUT2D eigenvalue weighted by atomic mass is 79.9. The van der Waals surface area contributed by atoms with Gasteiger partial charge in [0.25, 0.3) is 0 Å². The SMILES string of the molecule is Cc1ccc(OCc2c(Br)c(C)nn2C)c(CCl)c1. The van der Waals surface area contributed by atoms with E-state index >= 15 is 0 Å². The molecule has 0 unspecified atom stereocenters. The first kappa shape index (κ1) is 14.4. The van der Waals surface area contributed by atoms with Crippen LogP contribution in [0.5, 0.6) is 5.75 Å². The Morgan fingerprint density at radius 1 is 1.37 bits per heavy atom. The van der Waals surface area contributed by atoms with E-state index in [-0.39, 0.29) is 0 Å². The Balaban J connectivity index is 2.19. The Morgan fingerprint density at radius 3 is 2.68 bits per heavy atom. The molecule has 0 saturated heterocycles. The van der Waals surface area contributed by atoms with Crippen molar-refractivity contribution in [2.24, 2.45) is 7.05 Å². The number of aromatic nitrogens is 2. The molecule has 1 aromatic carbocycles. The molecule has 102 valence electrons. The molecule has 19 heavy (non-hydrogen) atoms. The monoisotopic (exact) mass is 342 g/mol. The molecule has 2 aromatic rings. The van der Waals surface area contributed by atoms with Gasteiger partial charge in [0.2, 0.25) is 0 Å². The highest BCUT2D eigenvalue weighted by Crippen LogP contribution is 2.25. The molecular formula is C14H16BrClN2O. The Kier molecular flexibility index (Phi) is 4.53. The Morgan fingerprint density at radius 2 is 2.11 bits per heavy atom. The van der Waals surface area contributed by atoms with Crippen molar-refractivity contribution < 1.29 is 4.74 Å². The number of benzene rings is 1. The van der Waals surface area contributed by atoms with Gasteiger partial charge in [0, 0.05) is 12.6 Å². The van der Waals surface area contributed by atoms with Crippen molar-refractivity contribution in [1.82, 2.24) is 9.78 Å². The average Bonchev–Trinajstić information content (AvgIpc) is 2.62. The quantitative estimate of drug-likeness (QED) is 0.781. The van der Waals surface area contributed by atoms with E-state index < -0.39 is 0 Å². The second-order valence-electron chi connectivity index (χ2n) is 4.50. The zero-order valence-electron chi connectivity index (χ0n) is 11.2. The van der Waals surface area contributed by atoms with Crippen molar-refractivity contribution in [1.29, 1.82) is 0 Å². The molecule has 0 aliphatic carbocycles. The standard InChI is InChI=1S/C14H16BrClN2O/c1-9-4-5-13(11(6-9)7-16)19-8-12-14(15)10(2)17-18(12)3/h4-6H,7-8H2,1-3H3. The van der Waals surface area contributed by atoms with E-state index in [4.69, 9.17) is 16.3 Å². The molecule has 0 fully saturated rings. The molecule has 0 bridgehead atoms. The van der Waals surface area contributed by atoms with Gasteiger partial charge in [-0.3, -0.25) is 4.68 Å². The summed E-state index contributed by atoms with van der Waals surface area (Å²) in [5, 5.41) is 4.34. The van der Waals surface area contributed by atoms with Crippen molar-refractivity contribution in [3.63, 3.8) is 0 Å². The van der Waals surface area contributed by atoms with Crippen molar-refractivity contribution >= 4 is 27.5 Å². The van der Waals surface area contributed by atoms with Crippen LogP contribution in [-0.4, -0.2) is 9.78 Å². The first-order valence-electron chi connectivity index (χ1n) is 5.99. The molecule has 1 aromatic heterocycles. The minimum absolute atomic E-state index is 0.447. The first-order valence-corrected chi connectivity index (χ1v) is 7.32. The summed E-state index contributed by atoms with van der Waals surface area (Å²) in [6, 6.07) is 6.03. The number of nitrogens with zero attached hydrogens (tertiary/aromatic N) is 2. The lowest BCUT2D eigenvalue weighted by Gasteiger charge is -2.11. The highest BCUT2D eigenvalue weighted by molar-refractivity contribution is 9.10. The fraction of sp³-hybridized carbons (Fsp3) is 0.357. The van der Waals surface area contributed by atoms with Gasteiger partial charge in [-0.05, 0) is 35.8 Å². The van der Waals surface area contributed by atoms with E-state index in [2.05, 4.69) is 21.0 Å². The number of aryl methyl sites for hydroxylation is 3. The second kappa shape index (κ2) is 5.97. The molecule has 0 spiro atoms. The smallest absolute Gasteiger partial charge is 0.131 e. The lowest BCUT2D eigenvalue weighted by atomic mass is 10.1. The summed E-state index contributed by atoms with van der Waals surface area (Å²) in [4.78, 5) is 0. The van der Waals surface area contributed by atoms with Crippen molar-refractivity contribution in [2.45, 2.75) is 26.3 Å². The third-order valence-electron chi connectivity index (χ3n) is 2.99. The molecule has 3 nitrogen and oxygen atoms in total. The number of halogens is 2. The summed E-state index contributed by atoms with van der Waals surface area (Å²) < 4.78 is 8.69. The average molecular weight is 344 g/mol. The van der Waals surface area contributed by atoms with Crippen molar-refractivity contribution in [3.8, 4) is 5.75 Å². The molecule has 0 N–H and O–H groups in total. The highest BCUT2D eigenvalue weighted by Gasteiger charge is 2.12. The first-order chi connectivity index (χ1) is 9.02. The van der Waals surface area contributed by atoms with E-state index in [0.29, 0.717) is 12.5 Å². The van der Waals surface area contributed by atoms with Crippen LogP contribution in [0.1, 0.15) is 22.5 Å². The van der Waals surface area contributed by atoms with Crippen molar-refractivity contribution in [2.75, 3.05) is 0 Å². The minimum Gasteiger partial charge on any atom is -0.487 e.